The van der Waals surface area contributed by atoms with Crippen molar-refractivity contribution in [1.82, 2.24) is 0 Å². The van der Waals surface area contributed by atoms with Gasteiger partial charge in [0, 0.05) is 26.2 Å². The molecule has 0 aliphatic rings. The molecule has 4 heteroatoms. The average Bonchev–Trinajstić information content (AvgIpc) is 2.49. The Morgan fingerprint density at radius 3 is 2.35 bits per heavy atom. The maximum atomic E-state index is 12.2. The summed E-state index contributed by atoms with van der Waals surface area (Å²) in [5.74, 6) is -0.0180. The van der Waals surface area contributed by atoms with Gasteiger partial charge in [0.2, 0.25) is 5.91 Å². The Bertz CT molecular complexity index is 670. The van der Waals surface area contributed by atoms with Gasteiger partial charge in [0.15, 0.2) is 0 Å². The number of halogens is 1. The third-order valence-corrected chi connectivity index (χ3v) is 4.09. The lowest BCUT2D eigenvalue weighted by Gasteiger charge is -2.13. The summed E-state index contributed by atoms with van der Waals surface area (Å²) in [6.07, 6.45) is 1.15. The van der Waals surface area contributed by atoms with Crippen LogP contribution in [0.25, 0.3) is 0 Å². The molecule has 0 aromatic heterocycles. The molecule has 0 heterocycles. The van der Waals surface area contributed by atoms with Crippen molar-refractivity contribution >= 4 is 28.9 Å². The second-order valence-corrected chi connectivity index (χ2v) is 6.45. The number of amides is 1. The summed E-state index contributed by atoms with van der Waals surface area (Å²) in [6, 6.07) is 12.1. The van der Waals surface area contributed by atoms with Crippen molar-refractivity contribution in [2.24, 2.45) is 0 Å². The van der Waals surface area contributed by atoms with Crippen LogP contribution in [-0.2, 0) is 11.2 Å². The average molecular weight is 331 g/mol. The van der Waals surface area contributed by atoms with Crippen LogP contribution in [0.2, 0.25) is 5.02 Å². The van der Waals surface area contributed by atoms with Crippen molar-refractivity contribution in [2.75, 3.05) is 24.3 Å². The molecule has 23 heavy (non-hydrogen) atoms. The van der Waals surface area contributed by atoms with Gasteiger partial charge >= 0.3 is 0 Å². The van der Waals surface area contributed by atoms with E-state index >= 15 is 0 Å². The van der Waals surface area contributed by atoms with Crippen molar-refractivity contribution in [3.8, 4) is 0 Å². The topological polar surface area (TPSA) is 32.3 Å². The molecule has 3 nitrogen and oxygen atoms in total. The number of rotatable bonds is 5. The van der Waals surface area contributed by atoms with Crippen molar-refractivity contribution in [1.29, 1.82) is 0 Å². The highest BCUT2D eigenvalue weighted by Gasteiger charge is 2.09. The van der Waals surface area contributed by atoms with Gasteiger partial charge in [-0.15, -0.1) is 0 Å². The van der Waals surface area contributed by atoms with Gasteiger partial charge < -0.3 is 10.2 Å². The van der Waals surface area contributed by atoms with E-state index in [1.54, 1.807) is 0 Å². The van der Waals surface area contributed by atoms with E-state index in [9.17, 15) is 4.79 Å². The molecule has 1 amide bonds. The molecule has 0 bridgehead atoms. The van der Waals surface area contributed by atoms with Crippen LogP contribution < -0.4 is 10.2 Å². The number of nitrogens with one attached hydrogen (secondary N) is 1. The first kappa shape index (κ1) is 17.4. The van der Waals surface area contributed by atoms with Gasteiger partial charge in [-0.1, -0.05) is 29.8 Å². The summed E-state index contributed by atoms with van der Waals surface area (Å²) in [5.41, 5.74) is 5.09. The van der Waals surface area contributed by atoms with Crippen LogP contribution in [0.15, 0.2) is 36.4 Å². The Balaban J connectivity index is 1.95. The van der Waals surface area contributed by atoms with Gasteiger partial charge in [0.1, 0.15) is 0 Å². The van der Waals surface area contributed by atoms with Crippen LogP contribution >= 0.6 is 11.6 Å². The third-order valence-electron chi connectivity index (χ3n) is 3.79. The smallest absolute Gasteiger partial charge is 0.224 e. The van der Waals surface area contributed by atoms with Crippen LogP contribution in [0.5, 0.6) is 0 Å². The molecule has 2 rings (SSSR count). The SMILES string of the molecule is Cc1cc(C)c(NC(=O)CCc2ccc(N(C)C)cc2)c(Cl)c1. The lowest BCUT2D eigenvalue weighted by molar-refractivity contribution is -0.116. The number of hydrogen-bond donors (Lipinski definition) is 1. The van der Waals surface area contributed by atoms with E-state index < -0.39 is 0 Å². The molecule has 0 aliphatic heterocycles. The first-order valence-electron chi connectivity index (χ1n) is 7.69. The van der Waals surface area contributed by atoms with Crippen molar-refractivity contribution in [2.45, 2.75) is 26.7 Å². The van der Waals surface area contributed by atoms with Crippen molar-refractivity contribution < 1.29 is 4.79 Å². The van der Waals surface area contributed by atoms with Gasteiger partial charge in [0.25, 0.3) is 0 Å². The van der Waals surface area contributed by atoms with Gasteiger partial charge in [-0.2, -0.15) is 0 Å². The van der Waals surface area contributed by atoms with Crippen LogP contribution in [0.3, 0.4) is 0 Å². The first-order valence-corrected chi connectivity index (χ1v) is 8.07. The Morgan fingerprint density at radius 2 is 1.78 bits per heavy atom. The van der Waals surface area contributed by atoms with Gasteiger partial charge in [-0.3, -0.25) is 4.79 Å². The summed E-state index contributed by atoms with van der Waals surface area (Å²) < 4.78 is 0. The maximum absolute atomic E-state index is 12.2. The zero-order chi connectivity index (χ0) is 17.0. The number of aryl methyl sites for hydroxylation is 3. The highest BCUT2D eigenvalue weighted by atomic mass is 35.5. The summed E-state index contributed by atoms with van der Waals surface area (Å²) >= 11 is 6.22. The first-order chi connectivity index (χ1) is 10.9. The van der Waals surface area contributed by atoms with E-state index in [0.717, 1.165) is 22.4 Å². The standard InChI is InChI=1S/C19H23ClN2O/c1-13-11-14(2)19(17(20)12-13)21-18(23)10-7-15-5-8-16(9-6-15)22(3)4/h5-6,8-9,11-12H,7,10H2,1-4H3,(H,21,23). The Kier molecular flexibility index (Phi) is 5.67. The van der Waals surface area contributed by atoms with Gasteiger partial charge in [-0.05, 0) is 55.2 Å². The zero-order valence-corrected chi connectivity index (χ0v) is 14.9. The molecule has 0 spiro atoms. The highest BCUT2D eigenvalue weighted by Crippen LogP contribution is 2.27. The summed E-state index contributed by atoms with van der Waals surface area (Å²) in [6.45, 7) is 3.94. The predicted octanol–water partition coefficient (Wildman–Crippen LogP) is 4.59. The molecule has 0 radical (unpaired) electrons. The summed E-state index contributed by atoms with van der Waals surface area (Å²) in [5, 5.41) is 3.52. The molecule has 0 atom stereocenters. The maximum Gasteiger partial charge on any atom is 0.224 e. The fourth-order valence-electron chi connectivity index (χ4n) is 2.49. The Morgan fingerprint density at radius 1 is 1.13 bits per heavy atom. The quantitative estimate of drug-likeness (QED) is 0.869. The summed E-state index contributed by atoms with van der Waals surface area (Å²) in [7, 11) is 4.02. The second kappa shape index (κ2) is 7.51. The molecule has 0 aliphatic carbocycles. The van der Waals surface area contributed by atoms with E-state index in [1.807, 2.05) is 40.1 Å². The molecule has 0 fully saturated rings. The van der Waals surface area contributed by atoms with Crippen LogP contribution in [0.1, 0.15) is 23.1 Å². The molecule has 1 N–H and O–H groups in total. The molecule has 0 unspecified atom stereocenters. The molecule has 122 valence electrons. The van der Waals surface area contributed by atoms with Crippen molar-refractivity contribution in [3.63, 3.8) is 0 Å². The van der Waals surface area contributed by atoms with Crippen LogP contribution in [0, 0.1) is 13.8 Å². The molecule has 0 saturated heterocycles. The van der Waals surface area contributed by atoms with Crippen LogP contribution in [0.4, 0.5) is 11.4 Å². The molecule has 2 aromatic carbocycles. The van der Waals surface area contributed by atoms with E-state index in [4.69, 9.17) is 11.6 Å². The van der Waals surface area contributed by atoms with E-state index in [2.05, 4.69) is 34.5 Å². The number of nitrogens with zero attached hydrogens (tertiary/aromatic N) is 1. The second-order valence-electron chi connectivity index (χ2n) is 6.05. The van der Waals surface area contributed by atoms with E-state index in [-0.39, 0.29) is 5.91 Å². The minimum atomic E-state index is -0.0180. The number of carbonyl (C=O) groups excluding carboxylic acids is 1. The van der Waals surface area contributed by atoms with Gasteiger partial charge in [-0.25, -0.2) is 0 Å². The largest absolute Gasteiger partial charge is 0.378 e. The molecule has 0 saturated carbocycles. The van der Waals surface area contributed by atoms with E-state index in [0.29, 0.717) is 23.6 Å². The van der Waals surface area contributed by atoms with Gasteiger partial charge in [0.05, 0.1) is 10.7 Å². The Labute approximate surface area is 143 Å². The summed E-state index contributed by atoms with van der Waals surface area (Å²) in [4.78, 5) is 14.2. The van der Waals surface area contributed by atoms with Crippen LogP contribution in [-0.4, -0.2) is 20.0 Å². The number of carbonyl (C=O) groups is 1. The number of benzene rings is 2. The highest BCUT2D eigenvalue weighted by molar-refractivity contribution is 6.34. The molecule has 2 aromatic rings. The monoisotopic (exact) mass is 330 g/mol. The molecular formula is C19H23ClN2O. The zero-order valence-electron chi connectivity index (χ0n) is 14.1. The number of anilines is 2. The number of hydrogen-bond acceptors (Lipinski definition) is 2. The fraction of sp³-hybridized carbons (Fsp3) is 0.316. The van der Waals surface area contributed by atoms with E-state index in [1.165, 1.54) is 0 Å². The Hall–Kier alpha value is -2.00. The third kappa shape index (κ3) is 4.73. The lowest BCUT2D eigenvalue weighted by Crippen LogP contribution is -2.14. The lowest BCUT2D eigenvalue weighted by atomic mass is 10.1. The minimum Gasteiger partial charge on any atom is -0.378 e. The minimum absolute atomic E-state index is 0.0180. The normalized spacial score (nSPS) is 10.5. The van der Waals surface area contributed by atoms with Crippen molar-refractivity contribution in [3.05, 3.63) is 58.1 Å². The fourth-order valence-corrected chi connectivity index (χ4v) is 2.86. The predicted molar refractivity (Wildman–Crippen MR) is 98.6 cm³/mol. The molecular weight excluding hydrogens is 308 g/mol.